The second-order valence-electron chi connectivity index (χ2n) is 6.89. The quantitative estimate of drug-likeness (QED) is 0.547. The molecule has 6 heteroatoms. The van der Waals surface area contributed by atoms with E-state index >= 15 is 0 Å². The van der Waals surface area contributed by atoms with Crippen LogP contribution in [0.25, 0.3) is 21.7 Å². The number of rotatable bonds is 5. The van der Waals surface area contributed by atoms with Gasteiger partial charge in [-0.3, -0.25) is 9.69 Å². The molecule has 0 saturated heterocycles. The van der Waals surface area contributed by atoms with Crippen molar-refractivity contribution >= 4 is 33.3 Å². The average molecular weight is 394 g/mol. The van der Waals surface area contributed by atoms with Crippen LogP contribution in [0.2, 0.25) is 5.02 Å². The number of H-pyrrole nitrogens is 1. The maximum absolute atomic E-state index is 12.3. The molecule has 0 saturated carbocycles. The first-order chi connectivity index (χ1) is 13.5. The highest BCUT2D eigenvalue weighted by atomic mass is 35.5. The number of nitrogens with one attached hydrogen (secondary N) is 1. The van der Waals surface area contributed by atoms with Gasteiger partial charge >= 0.3 is 0 Å². The van der Waals surface area contributed by atoms with Gasteiger partial charge in [0.2, 0.25) is 0 Å². The molecule has 3 aromatic carbocycles. The standard InChI is InChI=1S/C22H20ClN3O2/c1-26(12-14-3-4-16-10-18(28-2)7-5-15(16)9-14)13-21-24-20-11-17(23)6-8-19(20)22(27)25-21/h3-11H,12-13H2,1-2H3,(H,24,25,27). The van der Waals surface area contributed by atoms with Gasteiger partial charge in [-0.2, -0.15) is 0 Å². The van der Waals surface area contributed by atoms with E-state index in [9.17, 15) is 4.79 Å². The Kier molecular flexibility index (Phi) is 5.03. The number of halogens is 1. The molecule has 28 heavy (non-hydrogen) atoms. The molecule has 0 atom stereocenters. The van der Waals surface area contributed by atoms with Crippen molar-refractivity contribution in [3.63, 3.8) is 0 Å². The summed E-state index contributed by atoms with van der Waals surface area (Å²) in [6, 6.07) is 17.5. The molecule has 0 spiro atoms. The van der Waals surface area contributed by atoms with Gasteiger partial charge in [-0.25, -0.2) is 4.98 Å². The topological polar surface area (TPSA) is 58.2 Å². The third-order valence-electron chi connectivity index (χ3n) is 4.70. The van der Waals surface area contributed by atoms with Crippen LogP contribution in [-0.4, -0.2) is 29.0 Å². The van der Waals surface area contributed by atoms with Crippen LogP contribution >= 0.6 is 11.6 Å². The smallest absolute Gasteiger partial charge is 0.258 e. The molecule has 0 amide bonds. The Morgan fingerprint density at radius 3 is 2.64 bits per heavy atom. The summed E-state index contributed by atoms with van der Waals surface area (Å²) in [5.41, 5.74) is 1.65. The predicted molar refractivity (Wildman–Crippen MR) is 113 cm³/mol. The first-order valence-corrected chi connectivity index (χ1v) is 9.33. The molecule has 1 N–H and O–H groups in total. The Bertz CT molecular complexity index is 1220. The molecule has 0 aliphatic rings. The molecule has 1 aromatic heterocycles. The van der Waals surface area contributed by atoms with Crippen molar-refractivity contribution < 1.29 is 4.74 Å². The second kappa shape index (κ2) is 7.62. The minimum atomic E-state index is -0.148. The zero-order valence-corrected chi connectivity index (χ0v) is 16.5. The van der Waals surface area contributed by atoms with Crippen molar-refractivity contribution in [1.29, 1.82) is 0 Å². The molecule has 0 aliphatic heterocycles. The van der Waals surface area contributed by atoms with Crippen LogP contribution in [0.15, 0.2) is 59.4 Å². The van der Waals surface area contributed by atoms with E-state index in [0.717, 1.165) is 17.7 Å². The number of fused-ring (bicyclic) bond motifs is 2. The third-order valence-corrected chi connectivity index (χ3v) is 4.94. The number of benzene rings is 3. The van der Waals surface area contributed by atoms with Crippen LogP contribution in [0.5, 0.6) is 5.75 Å². The molecule has 0 radical (unpaired) electrons. The highest BCUT2D eigenvalue weighted by Gasteiger charge is 2.08. The maximum Gasteiger partial charge on any atom is 0.258 e. The zero-order valence-electron chi connectivity index (χ0n) is 15.7. The van der Waals surface area contributed by atoms with Crippen molar-refractivity contribution in [2.45, 2.75) is 13.1 Å². The van der Waals surface area contributed by atoms with Crippen LogP contribution in [0.3, 0.4) is 0 Å². The summed E-state index contributed by atoms with van der Waals surface area (Å²) in [5, 5.41) is 3.42. The van der Waals surface area contributed by atoms with Crippen molar-refractivity contribution in [3.05, 3.63) is 81.4 Å². The van der Waals surface area contributed by atoms with Gasteiger partial charge in [-0.1, -0.05) is 29.8 Å². The lowest BCUT2D eigenvalue weighted by Gasteiger charge is -2.17. The van der Waals surface area contributed by atoms with E-state index in [1.807, 2.05) is 19.2 Å². The van der Waals surface area contributed by atoms with Crippen molar-refractivity contribution in [2.24, 2.45) is 0 Å². The summed E-state index contributed by atoms with van der Waals surface area (Å²) >= 11 is 6.03. The van der Waals surface area contributed by atoms with E-state index in [1.54, 1.807) is 25.3 Å². The van der Waals surface area contributed by atoms with Gasteiger partial charge in [0.05, 0.1) is 24.6 Å². The number of aromatic amines is 1. The average Bonchev–Trinajstić information content (AvgIpc) is 2.67. The molecule has 0 fully saturated rings. The minimum absolute atomic E-state index is 0.148. The molecule has 0 aliphatic carbocycles. The number of ether oxygens (including phenoxy) is 1. The fourth-order valence-corrected chi connectivity index (χ4v) is 3.52. The Morgan fingerprint density at radius 2 is 1.82 bits per heavy atom. The molecule has 142 valence electrons. The Labute approximate surface area is 167 Å². The highest BCUT2D eigenvalue weighted by molar-refractivity contribution is 6.31. The van der Waals surface area contributed by atoms with Crippen molar-refractivity contribution in [1.82, 2.24) is 14.9 Å². The Balaban J connectivity index is 1.54. The largest absolute Gasteiger partial charge is 0.497 e. The van der Waals surface area contributed by atoms with Gasteiger partial charge in [0.15, 0.2) is 0 Å². The van der Waals surface area contributed by atoms with Gasteiger partial charge in [0.25, 0.3) is 5.56 Å². The first-order valence-electron chi connectivity index (χ1n) is 8.95. The van der Waals surface area contributed by atoms with Crippen molar-refractivity contribution in [3.8, 4) is 5.75 Å². The number of hydrogen-bond donors (Lipinski definition) is 1. The van der Waals surface area contributed by atoms with Crippen LogP contribution in [0.1, 0.15) is 11.4 Å². The monoisotopic (exact) mass is 393 g/mol. The van der Waals surface area contributed by atoms with Crippen LogP contribution < -0.4 is 10.3 Å². The summed E-state index contributed by atoms with van der Waals surface area (Å²) in [5.74, 6) is 1.47. The predicted octanol–water partition coefficient (Wildman–Crippen LogP) is 4.37. The first kappa shape index (κ1) is 18.5. The lowest BCUT2D eigenvalue weighted by Crippen LogP contribution is -2.21. The van der Waals surface area contributed by atoms with Crippen molar-refractivity contribution in [2.75, 3.05) is 14.2 Å². The second-order valence-corrected chi connectivity index (χ2v) is 7.33. The third kappa shape index (κ3) is 3.86. The fourth-order valence-electron chi connectivity index (χ4n) is 3.36. The lowest BCUT2D eigenvalue weighted by atomic mass is 10.1. The Morgan fingerprint density at radius 1 is 1.04 bits per heavy atom. The zero-order chi connectivity index (χ0) is 19.7. The van der Waals surface area contributed by atoms with Crippen LogP contribution in [0.4, 0.5) is 0 Å². The lowest BCUT2D eigenvalue weighted by molar-refractivity contribution is 0.311. The molecular formula is C22H20ClN3O2. The van der Waals surface area contributed by atoms with E-state index in [4.69, 9.17) is 16.3 Å². The normalized spacial score (nSPS) is 11.4. The van der Waals surface area contributed by atoms with Gasteiger partial charge in [0, 0.05) is 11.6 Å². The fraction of sp³-hybridized carbons (Fsp3) is 0.182. The summed E-state index contributed by atoms with van der Waals surface area (Å²) in [4.78, 5) is 21.8. The molecule has 0 unspecified atom stereocenters. The van der Waals surface area contributed by atoms with Crippen LogP contribution in [0, 0.1) is 0 Å². The summed E-state index contributed by atoms with van der Waals surface area (Å²) in [6.07, 6.45) is 0. The summed E-state index contributed by atoms with van der Waals surface area (Å²) in [7, 11) is 3.67. The van der Waals surface area contributed by atoms with Gasteiger partial charge < -0.3 is 9.72 Å². The molecule has 4 aromatic rings. The number of aromatic nitrogens is 2. The van der Waals surface area contributed by atoms with Gasteiger partial charge in [-0.05, 0) is 59.8 Å². The highest BCUT2D eigenvalue weighted by Crippen LogP contribution is 2.22. The Hall–Kier alpha value is -2.89. The van der Waals surface area contributed by atoms with E-state index in [0.29, 0.717) is 28.3 Å². The van der Waals surface area contributed by atoms with Gasteiger partial charge in [0.1, 0.15) is 11.6 Å². The molecule has 1 heterocycles. The van der Waals surface area contributed by atoms with Crippen LogP contribution in [-0.2, 0) is 13.1 Å². The number of hydrogen-bond acceptors (Lipinski definition) is 4. The molecule has 5 nitrogen and oxygen atoms in total. The van der Waals surface area contributed by atoms with E-state index in [1.165, 1.54) is 10.9 Å². The SMILES string of the molecule is COc1ccc2cc(CN(C)Cc3nc4cc(Cl)ccc4c(=O)[nH]3)ccc2c1. The van der Waals surface area contributed by atoms with E-state index in [2.05, 4.69) is 39.1 Å². The van der Waals surface area contributed by atoms with E-state index in [-0.39, 0.29) is 5.56 Å². The van der Waals surface area contributed by atoms with E-state index < -0.39 is 0 Å². The minimum Gasteiger partial charge on any atom is -0.497 e. The van der Waals surface area contributed by atoms with Gasteiger partial charge in [-0.15, -0.1) is 0 Å². The summed E-state index contributed by atoms with van der Waals surface area (Å²) < 4.78 is 5.28. The molecule has 0 bridgehead atoms. The maximum atomic E-state index is 12.3. The number of methoxy groups -OCH3 is 1. The number of nitrogens with zero attached hydrogens (tertiary/aromatic N) is 2. The molecular weight excluding hydrogens is 374 g/mol. The summed E-state index contributed by atoms with van der Waals surface area (Å²) in [6.45, 7) is 1.26. The molecule has 4 rings (SSSR count).